The van der Waals surface area contributed by atoms with E-state index in [1.807, 2.05) is 6.07 Å². The number of fused-ring (bicyclic) bond motifs is 1. The highest BCUT2D eigenvalue weighted by Gasteiger charge is 2.26. The van der Waals surface area contributed by atoms with Gasteiger partial charge < -0.3 is 0 Å². The molecule has 3 aromatic carbocycles. The summed E-state index contributed by atoms with van der Waals surface area (Å²) in [5.74, 6) is 0.309. The molecule has 0 saturated heterocycles. The van der Waals surface area contributed by atoms with Gasteiger partial charge in [-0.3, -0.25) is 0 Å². The van der Waals surface area contributed by atoms with Gasteiger partial charge in [0.2, 0.25) is 0 Å². The van der Waals surface area contributed by atoms with Crippen molar-refractivity contribution < 1.29 is 30.7 Å². The molecule has 0 heterocycles. The topological polar surface area (TPSA) is 0 Å². The summed E-state index contributed by atoms with van der Waals surface area (Å²) in [6, 6.07) is 7.68. The predicted octanol–water partition coefficient (Wildman–Crippen LogP) is 10.9. The number of benzene rings is 3. The zero-order chi connectivity index (χ0) is 29.3. The van der Waals surface area contributed by atoms with Gasteiger partial charge >= 0.3 is 6.18 Å². The minimum atomic E-state index is -4.97. The number of hydrogen-bond acceptors (Lipinski definition) is 0. The Labute approximate surface area is 236 Å². The highest BCUT2D eigenvalue weighted by atomic mass is 19.4. The van der Waals surface area contributed by atoms with Crippen molar-refractivity contribution in [2.75, 3.05) is 0 Å². The molecule has 0 spiro atoms. The Morgan fingerprint density at radius 2 is 1.37 bits per heavy atom. The van der Waals surface area contributed by atoms with Crippen LogP contribution < -0.4 is 0 Å². The van der Waals surface area contributed by atoms with Crippen LogP contribution in [0, 0.1) is 52.9 Å². The molecule has 0 bridgehead atoms. The highest BCUT2D eigenvalue weighted by Crippen LogP contribution is 2.41. The molecule has 0 radical (unpaired) electrons. The monoisotopic (exact) mass is 574 g/mol. The van der Waals surface area contributed by atoms with E-state index < -0.39 is 40.4 Å². The van der Waals surface area contributed by atoms with E-state index in [0.29, 0.717) is 6.07 Å². The fourth-order valence-electron chi connectivity index (χ4n) is 6.71. The van der Waals surface area contributed by atoms with Crippen molar-refractivity contribution in [3.63, 3.8) is 0 Å². The maximum atomic E-state index is 15.3. The molecule has 7 heteroatoms. The average Bonchev–Trinajstić information content (AvgIpc) is 2.92. The molecule has 2 aliphatic carbocycles. The maximum Gasteiger partial charge on any atom is 0.458 e. The van der Waals surface area contributed by atoms with Crippen LogP contribution >= 0.6 is 0 Å². The molecule has 218 valence electrons. The molecular formula is C34H33F7. The van der Waals surface area contributed by atoms with E-state index in [1.54, 1.807) is 6.07 Å². The predicted molar refractivity (Wildman–Crippen MR) is 147 cm³/mol. The van der Waals surface area contributed by atoms with Gasteiger partial charge in [-0.25, -0.2) is 17.6 Å². The third-order valence-corrected chi connectivity index (χ3v) is 9.15. The Hall–Kier alpha value is -3.01. The van der Waals surface area contributed by atoms with Crippen LogP contribution in [0.25, 0.3) is 21.9 Å². The summed E-state index contributed by atoms with van der Waals surface area (Å²) >= 11 is 0. The Morgan fingerprint density at radius 3 is 1.98 bits per heavy atom. The van der Waals surface area contributed by atoms with Gasteiger partial charge in [-0.2, -0.15) is 13.2 Å². The second-order valence-electron chi connectivity index (χ2n) is 12.0. The van der Waals surface area contributed by atoms with Gasteiger partial charge in [-0.05, 0) is 90.1 Å². The van der Waals surface area contributed by atoms with Gasteiger partial charge in [-0.15, -0.1) is 0 Å². The quantitative estimate of drug-likeness (QED) is 0.210. The molecule has 5 rings (SSSR count). The number of hydrogen-bond donors (Lipinski definition) is 0. The molecule has 2 fully saturated rings. The van der Waals surface area contributed by atoms with E-state index in [4.69, 9.17) is 0 Å². The summed E-state index contributed by atoms with van der Waals surface area (Å²) in [4.78, 5) is 0. The van der Waals surface area contributed by atoms with Crippen molar-refractivity contribution in [1.29, 1.82) is 0 Å². The summed E-state index contributed by atoms with van der Waals surface area (Å²) in [6.45, 7) is 2.34. The standard InChI is InChI=1S/C34H33F7/c1-20-2-4-21(5-3-20)6-7-22-8-10-23(11-9-22)24-12-13-27(29(35)17-24)25-16-26-19-30(36)28(14-15-34(39,40)41)33(38)32(26)31(37)18-25/h12-13,16-23H,2-11H2,1H3. The lowest BCUT2D eigenvalue weighted by atomic mass is 9.74. The third kappa shape index (κ3) is 6.90. The largest absolute Gasteiger partial charge is 0.458 e. The summed E-state index contributed by atoms with van der Waals surface area (Å²) in [7, 11) is 0. The molecule has 0 aromatic heterocycles. The van der Waals surface area contributed by atoms with Crippen LogP contribution in [0.1, 0.15) is 88.2 Å². The minimum Gasteiger partial charge on any atom is -0.206 e. The Kier molecular flexibility index (Phi) is 8.68. The van der Waals surface area contributed by atoms with Crippen molar-refractivity contribution >= 4 is 10.8 Å². The average molecular weight is 575 g/mol. The van der Waals surface area contributed by atoms with Gasteiger partial charge in [0.15, 0.2) is 5.82 Å². The Morgan fingerprint density at radius 1 is 0.732 bits per heavy atom. The fraction of sp³-hybridized carbons (Fsp3) is 0.471. The van der Waals surface area contributed by atoms with Crippen molar-refractivity contribution in [2.45, 2.75) is 83.2 Å². The van der Waals surface area contributed by atoms with Crippen LogP contribution in [0.3, 0.4) is 0 Å². The molecular weight excluding hydrogens is 541 g/mol. The van der Waals surface area contributed by atoms with E-state index in [1.165, 1.54) is 56.6 Å². The van der Waals surface area contributed by atoms with Crippen molar-refractivity contribution in [3.8, 4) is 23.0 Å². The van der Waals surface area contributed by atoms with Crippen LogP contribution in [0.4, 0.5) is 30.7 Å². The fourth-order valence-corrected chi connectivity index (χ4v) is 6.71. The van der Waals surface area contributed by atoms with E-state index >= 15 is 4.39 Å². The van der Waals surface area contributed by atoms with Crippen LogP contribution in [0.2, 0.25) is 0 Å². The molecule has 0 aliphatic heterocycles. The van der Waals surface area contributed by atoms with E-state index in [9.17, 15) is 26.3 Å². The van der Waals surface area contributed by atoms with E-state index in [0.717, 1.165) is 61.0 Å². The first-order valence-electron chi connectivity index (χ1n) is 14.5. The van der Waals surface area contributed by atoms with Crippen LogP contribution in [0.15, 0.2) is 36.4 Å². The number of halogens is 7. The SMILES string of the molecule is CC1CCC(CCC2CCC(c3ccc(-c4cc(F)c5c(F)c(C#CC(F)(F)F)c(F)cc5c4)c(F)c3)CC2)CC1. The summed E-state index contributed by atoms with van der Waals surface area (Å²) in [5.41, 5.74) is -0.132. The first-order valence-corrected chi connectivity index (χ1v) is 14.5. The second-order valence-corrected chi connectivity index (χ2v) is 12.0. The van der Waals surface area contributed by atoms with Gasteiger partial charge in [-0.1, -0.05) is 63.5 Å². The molecule has 0 nitrogen and oxygen atoms in total. The van der Waals surface area contributed by atoms with Crippen molar-refractivity contribution in [1.82, 2.24) is 0 Å². The molecule has 3 aromatic rings. The Bertz CT molecular complexity index is 1460. The maximum absolute atomic E-state index is 15.3. The lowest BCUT2D eigenvalue weighted by molar-refractivity contribution is -0.0696. The molecule has 2 saturated carbocycles. The van der Waals surface area contributed by atoms with E-state index in [2.05, 4.69) is 6.92 Å². The lowest BCUT2D eigenvalue weighted by Gasteiger charge is -2.31. The smallest absolute Gasteiger partial charge is 0.206 e. The lowest BCUT2D eigenvalue weighted by Crippen LogP contribution is -2.17. The van der Waals surface area contributed by atoms with Crippen LogP contribution in [-0.4, -0.2) is 6.18 Å². The molecule has 0 amide bonds. The van der Waals surface area contributed by atoms with Gasteiger partial charge in [0.25, 0.3) is 0 Å². The van der Waals surface area contributed by atoms with Gasteiger partial charge in [0, 0.05) is 11.5 Å². The normalized spacial score (nSPS) is 23.3. The van der Waals surface area contributed by atoms with Crippen LogP contribution in [-0.2, 0) is 0 Å². The third-order valence-electron chi connectivity index (χ3n) is 9.15. The summed E-state index contributed by atoms with van der Waals surface area (Å²) in [6.07, 6.45) is 7.25. The van der Waals surface area contributed by atoms with Crippen molar-refractivity contribution in [2.24, 2.45) is 17.8 Å². The first kappa shape index (κ1) is 29.5. The minimum absolute atomic E-state index is 0.0757. The number of alkyl halides is 3. The molecule has 41 heavy (non-hydrogen) atoms. The van der Waals surface area contributed by atoms with Gasteiger partial charge in [0.1, 0.15) is 17.5 Å². The zero-order valence-electron chi connectivity index (χ0n) is 23.0. The van der Waals surface area contributed by atoms with Crippen LogP contribution in [0.5, 0.6) is 0 Å². The molecule has 0 atom stereocenters. The highest BCUT2D eigenvalue weighted by molar-refractivity contribution is 5.90. The summed E-state index contributed by atoms with van der Waals surface area (Å²) < 4.78 is 96.7. The molecule has 0 N–H and O–H groups in total. The zero-order valence-corrected chi connectivity index (χ0v) is 23.0. The number of rotatable bonds is 5. The summed E-state index contributed by atoms with van der Waals surface area (Å²) in [5, 5.41) is -0.939. The Balaban J connectivity index is 1.29. The first-order chi connectivity index (χ1) is 19.5. The van der Waals surface area contributed by atoms with Crippen molar-refractivity contribution in [3.05, 3.63) is 70.8 Å². The van der Waals surface area contributed by atoms with E-state index in [-0.39, 0.29) is 22.4 Å². The molecule has 0 unspecified atom stereocenters. The van der Waals surface area contributed by atoms with Gasteiger partial charge in [0.05, 0.1) is 10.9 Å². The molecule has 2 aliphatic rings. The second kappa shape index (κ2) is 12.1.